The van der Waals surface area contributed by atoms with Gasteiger partial charge in [-0.1, -0.05) is 158 Å². The number of para-hydroxylation sites is 4. The quantitative estimate of drug-likeness (QED) is 0.0659. The molecule has 0 radical (unpaired) electrons. The molecule has 0 saturated carbocycles. The Morgan fingerprint density at radius 3 is 1.04 bits per heavy atom. The van der Waals surface area contributed by atoms with E-state index in [0.717, 1.165) is 45.3 Å². The van der Waals surface area contributed by atoms with Crippen LogP contribution in [-0.4, -0.2) is 22.6 Å². The molecule has 0 atom stereocenters. The molecule has 0 amide bonds. The van der Waals surface area contributed by atoms with Gasteiger partial charge in [-0.3, -0.25) is 0 Å². The molecule has 0 unspecified atom stereocenters. The van der Waals surface area contributed by atoms with E-state index < -0.39 is 0 Å². The fourth-order valence-electron chi connectivity index (χ4n) is 4.53. The van der Waals surface area contributed by atoms with Crippen molar-refractivity contribution >= 4 is 35.4 Å². The van der Waals surface area contributed by atoms with Gasteiger partial charge in [0.25, 0.3) is 0 Å². The van der Waals surface area contributed by atoms with E-state index in [4.69, 9.17) is 0 Å². The molecule has 0 aliphatic heterocycles. The van der Waals surface area contributed by atoms with Gasteiger partial charge in [0.15, 0.2) is 0 Å². The molecule has 6 aromatic carbocycles. The van der Waals surface area contributed by atoms with Gasteiger partial charge >= 0.3 is 40.8 Å². The average Bonchev–Trinajstić information content (AvgIpc) is 3.27. The third-order valence-electron chi connectivity index (χ3n) is 7.15. The first kappa shape index (κ1) is 44.3. The van der Waals surface area contributed by atoms with Crippen LogP contribution < -0.4 is 0 Å². The Balaban J connectivity index is 0.000000199. The van der Waals surface area contributed by atoms with Crippen LogP contribution in [-0.2, 0) is 40.8 Å². The van der Waals surface area contributed by atoms with E-state index in [2.05, 4.69) is 42.7 Å². The topological polar surface area (TPSA) is 78.7 Å². The van der Waals surface area contributed by atoms with Crippen LogP contribution in [0.4, 0.5) is 22.7 Å². The zero-order valence-corrected chi connectivity index (χ0v) is 33.4. The van der Waals surface area contributed by atoms with Crippen LogP contribution in [0.5, 0.6) is 0 Å². The predicted molar refractivity (Wildman–Crippen MR) is 225 cm³/mol. The van der Waals surface area contributed by atoms with Gasteiger partial charge in [0.05, 0.1) is 0 Å². The van der Waals surface area contributed by atoms with E-state index in [1.807, 2.05) is 206 Å². The van der Waals surface area contributed by atoms with E-state index >= 15 is 0 Å². The Kier molecular flexibility index (Phi) is 21.7. The van der Waals surface area contributed by atoms with Gasteiger partial charge in [0, 0.05) is 12.4 Å². The second kappa shape index (κ2) is 27.5. The van der Waals surface area contributed by atoms with Gasteiger partial charge in [0.1, 0.15) is 0 Å². The number of hydrogen-bond acceptors (Lipinski definition) is 4. The molecule has 0 spiro atoms. The maximum absolute atomic E-state index is 4.22. The van der Waals surface area contributed by atoms with E-state index in [9.17, 15) is 0 Å². The number of aliphatic imine (C=N–C) groups is 2. The third-order valence-corrected chi connectivity index (χ3v) is 7.15. The minimum absolute atomic E-state index is 0. The minimum atomic E-state index is 0. The second-order valence-corrected chi connectivity index (χ2v) is 11.1. The molecule has 0 aliphatic rings. The minimum Gasteiger partial charge on any atom is -0.443 e. The monoisotopic (exact) mass is 910 g/mol. The van der Waals surface area contributed by atoms with Crippen molar-refractivity contribution in [1.29, 1.82) is 0 Å². The molecular weight excluding hydrogens is 873 g/mol. The predicted octanol–water partition coefficient (Wildman–Crippen LogP) is 13.2. The zero-order valence-electron chi connectivity index (χ0n) is 30.3. The summed E-state index contributed by atoms with van der Waals surface area (Å²) in [5, 5.41) is 8.42. The molecule has 2 aromatic heterocycles. The van der Waals surface area contributed by atoms with Crippen molar-refractivity contribution in [3.63, 3.8) is 0 Å². The van der Waals surface area contributed by atoms with E-state index in [1.165, 1.54) is 0 Å². The number of rotatable bonds is 8. The number of aromatic nitrogens is 2. The van der Waals surface area contributed by atoms with Crippen LogP contribution in [0.2, 0.25) is 0 Å². The molecule has 8 aromatic rings. The Hall–Kier alpha value is -6.12. The van der Waals surface area contributed by atoms with Crippen LogP contribution in [0, 0.1) is 12.1 Å². The molecule has 0 bridgehead atoms. The SMILES string of the molecule is C(=Nc1ccccc1)[N-]c1ccccc1.C(=Nc1ccccc1)[N-]c1ccccc1.[Pd+2].[Pd+2].[c-]1ccccc1-c1ccccn1.[c-]1ccccc1-c1ccccn1. The molecule has 0 fully saturated rings. The molecule has 0 N–H and O–H groups in total. The Morgan fingerprint density at radius 2 is 0.714 bits per heavy atom. The molecule has 2 heterocycles. The third kappa shape index (κ3) is 17.4. The van der Waals surface area contributed by atoms with E-state index in [-0.39, 0.29) is 40.8 Å². The molecule has 280 valence electrons. The maximum atomic E-state index is 4.22. The van der Waals surface area contributed by atoms with Crippen LogP contribution in [0.15, 0.2) is 229 Å². The zero-order chi connectivity index (χ0) is 37.1. The summed E-state index contributed by atoms with van der Waals surface area (Å²) in [6.45, 7) is 0. The van der Waals surface area contributed by atoms with Crippen molar-refractivity contribution in [2.24, 2.45) is 9.98 Å². The number of nitrogens with zero attached hydrogens (tertiary/aromatic N) is 6. The summed E-state index contributed by atoms with van der Waals surface area (Å²) in [6, 6.07) is 72.7. The van der Waals surface area contributed by atoms with Gasteiger partial charge in [-0.05, 0) is 46.3 Å². The van der Waals surface area contributed by atoms with Crippen LogP contribution in [0.1, 0.15) is 0 Å². The Morgan fingerprint density at radius 1 is 0.375 bits per heavy atom. The second-order valence-electron chi connectivity index (χ2n) is 11.1. The molecule has 8 rings (SSSR count). The largest absolute Gasteiger partial charge is 2.00 e. The Labute approximate surface area is 357 Å². The van der Waals surface area contributed by atoms with Crippen LogP contribution in [0.3, 0.4) is 0 Å². The fraction of sp³-hybridized carbons (Fsp3) is 0. The maximum Gasteiger partial charge on any atom is 2.00 e. The first-order chi connectivity index (χ1) is 26.8. The average molecular weight is 912 g/mol. The summed E-state index contributed by atoms with van der Waals surface area (Å²) in [5.74, 6) is 0. The number of hydrogen-bond donors (Lipinski definition) is 0. The summed E-state index contributed by atoms with van der Waals surface area (Å²) >= 11 is 0. The van der Waals surface area contributed by atoms with Crippen molar-refractivity contribution < 1.29 is 40.8 Å². The summed E-state index contributed by atoms with van der Waals surface area (Å²) < 4.78 is 0. The van der Waals surface area contributed by atoms with Crippen molar-refractivity contribution in [2.45, 2.75) is 0 Å². The number of pyridine rings is 2. The molecule has 6 nitrogen and oxygen atoms in total. The van der Waals surface area contributed by atoms with Crippen LogP contribution >= 0.6 is 0 Å². The van der Waals surface area contributed by atoms with Gasteiger partial charge in [0.2, 0.25) is 0 Å². The smallest absolute Gasteiger partial charge is 0.443 e. The normalized spacial score (nSPS) is 9.71. The van der Waals surface area contributed by atoms with Gasteiger partial charge in [-0.25, -0.2) is 0 Å². The molecule has 0 aliphatic carbocycles. The van der Waals surface area contributed by atoms with Crippen molar-refractivity contribution in [3.05, 3.63) is 241 Å². The molecular formula is C48H38N6Pd2. The summed E-state index contributed by atoms with van der Waals surface area (Å²) in [7, 11) is 0. The summed E-state index contributed by atoms with van der Waals surface area (Å²) in [4.78, 5) is 16.9. The van der Waals surface area contributed by atoms with Gasteiger partial charge in [-0.15, -0.1) is 71.8 Å². The summed E-state index contributed by atoms with van der Waals surface area (Å²) in [5.41, 5.74) is 7.68. The van der Waals surface area contributed by atoms with Gasteiger partial charge in [-0.2, -0.15) is 0 Å². The molecule has 0 saturated heterocycles. The van der Waals surface area contributed by atoms with Gasteiger partial charge < -0.3 is 30.6 Å². The first-order valence-electron chi connectivity index (χ1n) is 17.3. The standard InChI is InChI=1S/2C13H11N2.2C11H8N.2Pd/c2*1-3-7-12(8-4-1)14-11-15-13-9-5-2-6-10-13;2*1-2-6-10(7-3-1)11-8-4-5-9-12-11;;/h2*1-11H;2*1-6,8-9H;;/q4*-1;2*+2. The molecule has 8 heteroatoms. The van der Waals surface area contributed by atoms with Crippen molar-refractivity contribution in [1.82, 2.24) is 9.97 Å². The van der Waals surface area contributed by atoms with E-state index in [1.54, 1.807) is 25.1 Å². The Bertz CT molecular complexity index is 1940. The van der Waals surface area contributed by atoms with Crippen molar-refractivity contribution in [2.75, 3.05) is 0 Å². The van der Waals surface area contributed by atoms with E-state index in [0.29, 0.717) is 0 Å². The van der Waals surface area contributed by atoms with Crippen molar-refractivity contribution in [3.8, 4) is 22.5 Å². The first-order valence-corrected chi connectivity index (χ1v) is 17.3. The van der Waals surface area contributed by atoms with Crippen LogP contribution in [0.25, 0.3) is 33.1 Å². The number of benzene rings is 6. The molecule has 56 heavy (non-hydrogen) atoms. The fourth-order valence-corrected chi connectivity index (χ4v) is 4.53. The summed E-state index contributed by atoms with van der Waals surface area (Å²) in [6.07, 6.45) is 6.72.